The van der Waals surface area contributed by atoms with Crippen LogP contribution in [0.15, 0.2) is 40.9 Å². The van der Waals surface area contributed by atoms with E-state index in [0.717, 1.165) is 31.4 Å². The molecule has 1 aromatic carbocycles. The van der Waals surface area contributed by atoms with Gasteiger partial charge in [-0.3, -0.25) is 0 Å². The van der Waals surface area contributed by atoms with Crippen LogP contribution in [0.2, 0.25) is 5.02 Å². The summed E-state index contributed by atoms with van der Waals surface area (Å²) in [5.74, 6) is -0.366. The second kappa shape index (κ2) is 8.20. The molecule has 2 aliphatic carbocycles. The molecule has 0 amide bonds. The van der Waals surface area contributed by atoms with Crippen molar-refractivity contribution >= 4 is 17.6 Å². The third kappa shape index (κ3) is 4.48. The maximum Gasteiger partial charge on any atom is 0.335 e. The maximum absolute atomic E-state index is 13.7. The van der Waals surface area contributed by atoms with Gasteiger partial charge in [0.1, 0.15) is 5.82 Å². The first-order valence-corrected chi connectivity index (χ1v) is 10.6. The minimum atomic E-state index is -0.650. The van der Waals surface area contributed by atoms with Crippen molar-refractivity contribution in [3.05, 3.63) is 68.7 Å². The normalized spacial score (nSPS) is 21.7. The van der Waals surface area contributed by atoms with Crippen molar-refractivity contribution in [3.63, 3.8) is 0 Å². The Morgan fingerprint density at radius 3 is 2.66 bits per heavy atom. The Balaban J connectivity index is 1.75. The van der Waals surface area contributed by atoms with Crippen LogP contribution in [0.3, 0.4) is 0 Å². The molecule has 1 atom stereocenters. The van der Waals surface area contributed by atoms with Gasteiger partial charge in [-0.2, -0.15) is 0 Å². The molecule has 1 unspecified atom stereocenters. The van der Waals surface area contributed by atoms with Gasteiger partial charge in [-0.05, 0) is 62.1 Å². The molecule has 2 fully saturated rings. The van der Waals surface area contributed by atoms with Crippen molar-refractivity contribution in [2.75, 3.05) is 6.61 Å². The predicted molar refractivity (Wildman–Crippen MR) is 109 cm³/mol. The highest BCUT2D eigenvalue weighted by molar-refractivity contribution is 6.31. The Morgan fingerprint density at radius 2 is 2.03 bits per heavy atom. The number of carbonyl (C=O) groups is 1. The second-order valence-corrected chi connectivity index (χ2v) is 8.67. The Bertz CT molecular complexity index is 939. The minimum Gasteiger partial charge on any atom is -0.462 e. The summed E-state index contributed by atoms with van der Waals surface area (Å²) in [5.41, 5.74) is 2.90. The maximum atomic E-state index is 13.7. The number of nitrogens with zero attached hydrogens (tertiary/aromatic N) is 1. The fraction of sp³-hybridized carbons (Fsp3) is 0.478. The lowest BCUT2D eigenvalue weighted by Gasteiger charge is -2.30. The Kier molecular flexibility index (Phi) is 5.65. The number of esters is 1. The second-order valence-electron chi connectivity index (χ2n) is 8.26. The fourth-order valence-corrected chi connectivity index (χ4v) is 4.10. The fourth-order valence-electron chi connectivity index (χ4n) is 3.82. The summed E-state index contributed by atoms with van der Waals surface area (Å²) in [4.78, 5) is 16.9. The number of dihydropyridines is 1. The van der Waals surface area contributed by atoms with Gasteiger partial charge in [-0.1, -0.05) is 30.5 Å². The quantitative estimate of drug-likeness (QED) is 0.458. The molecule has 0 bridgehead atoms. The zero-order valence-corrected chi connectivity index (χ0v) is 17.2. The van der Waals surface area contributed by atoms with E-state index in [1.165, 1.54) is 25.0 Å². The molecule has 0 radical (unpaired) electrons. The van der Waals surface area contributed by atoms with Crippen LogP contribution in [-0.2, 0) is 9.53 Å². The number of carbonyl (C=O) groups excluding carboxylic acids is 1. The molecule has 152 valence electrons. The third-order valence-electron chi connectivity index (χ3n) is 5.87. The Labute approximate surface area is 175 Å². The molecular formula is C23H24ClFN2O2. The van der Waals surface area contributed by atoms with Crippen LogP contribution in [0, 0.1) is 24.2 Å². The summed E-state index contributed by atoms with van der Waals surface area (Å²) in [7, 11) is 0. The van der Waals surface area contributed by atoms with Gasteiger partial charge in [0, 0.05) is 16.4 Å². The highest BCUT2D eigenvalue weighted by atomic mass is 35.5. The average molecular weight is 415 g/mol. The van der Waals surface area contributed by atoms with Gasteiger partial charge in [-0.15, -0.1) is 0 Å². The number of rotatable bonds is 7. The van der Waals surface area contributed by atoms with Gasteiger partial charge in [0.2, 0.25) is 0 Å². The van der Waals surface area contributed by atoms with Gasteiger partial charge in [0.05, 0.1) is 24.7 Å². The van der Waals surface area contributed by atoms with Crippen molar-refractivity contribution in [1.29, 1.82) is 0 Å². The van der Waals surface area contributed by atoms with E-state index >= 15 is 0 Å². The summed E-state index contributed by atoms with van der Waals surface area (Å²) >= 11 is 6.36. The number of hydrogen-bond acceptors (Lipinski definition) is 3. The lowest BCUT2D eigenvalue weighted by molar-refractivity contribution is -0.139. The summed E-state index contributed by atoms with van der Waals surface area (Å²) in [6.07, 6.45) is 6.33. The van der Waals surface area contributed by atoms with Crippen LogP contribution in [0.4, 0.5) is 4.39 Å². The lowest BCUT2D eigenvalue weighted by Crippen LogP contribution is -2.30. The number of ether oxygens (including phenoxy) is 1. The van der Waals surface area contributed by atoms with E-state index in [1.807, 2.05) is 6.92 Å². The molecule has 1 aliphatic heterocycles. The third-order valence-corrected chi connectivity index (χ3v) is 6.20. The van der Waals surface area contributed by atoms with Crippen LogP contribution < -0.4 is 5.32 Å². The van der Waals surface area contributed by atoms with Crippen LogP contribution >= 0.6 is 11.6 Å². The van der Waals surface area contributed by atoms with E-state index < -0.39 is 17.7 Å². The zero-order chi connectivity index (χ0) is 20.5. The van der Waals surface area contributed by atoms with Gasteiger partial charge < -0.3 is 10.1 Å². The van der Waals surface area contributed by atoms with Crippen LogP contribution in [-0.4, -0.2) is 12.6 Å². The van der Waals surface area contributed by atoms with Crippen molar-refractivity contribution < 1.29 is 13.9 Å². The SMILES string of the molecule is [C-]#[N+]C1=C(C)NC(CCC2CC2)=C(C(=O)OCC2CC2)C1c1ccc(F)cc1Cl. The van der Waals surface area contributed by atoms with Crippen molar-refractivity contribution in [3.8, 4) is 0 Å². The monoisotopic (exact) mass is 414 g/mol. The topological polar surface area (TPSA) is 42.7 Å². The largest absolute Gasteiger partial charge is 0.462 e. The van der Waals surface area contributed by atoms with E-state index in [9.17, 15) is 9.18 Å². The number of benzene rings is 1. The molecule has 1 heterocycles. The van der Waals surface area contributed by atoms with Gasteiger partial charge in [-0.25, -0.2) is 14.0 Å². The van der Waals surface area contributed by atoms with Crippen LogP contribution in [0.1, 0.15) is 56.9 Å². The number of halogens is 2. The number of nitrogens with one attached hydrogen (secondary N) is 1. The first-order chi connectivity index (χ1) is 14.0. The van der Waals surface area contributed by atoms with Gasteiger partial charge >= 0.3 is 5.97 Å². The molecule has 0 aromatic heterocycles. The zero-order valence-electron chi connectivity index (χ0n) is 16.4. The first-order valence-electron chi connectivity index (χ1n) is 10.2. The van der Waals surface area contributed by atoms with E-state index in [4.69, 9.17) is 22.9 Å². The predicted octanol–water partition coefficient (Wildman–Crippen LogP) is 5.71. The first kappa shape index (κ1) is 20.0. The molecule has 1 aromatic rings. The minimum absolute atomic E-state index is 0.208. The molecule has 4 nitrogen and oxygen atoms in total. The van der Waals surface area contributed by atoms with Gasteiger partial charge in [0.25, 0.3) is 0 Å². The Morgan fingerprint density at radius 1 is 1.31 bits per heavy atom. The summed E-state index contributed by atoms with van der Waals surface area (Å²) in [5, 5.41) is 3.50. The smallest absolute Gasteiger partial charge is 0.335 e. The summed E-state index contributed by atoms with van der Waals surface area (Å²) in [6, 6.07) is 4.11. The van der Waals surface area contributed by atoms with Gasteiger partial charge in [0.15, 0.2) is 5.70 Å². The molecule has 29 heavy (non-hydrogen) atoms. The van der Waals surface area contributed by atoms with E-state index in [1.54, 1.807) is 6.07 Å². The summed E-state index contributed by atoms with van der Waals surface area (Å²) < 4.78 is 19.3. The molecule has 2 saturated carbocycles. The summed E-state index contributed by atoms with van der Waals surface area (Å²) in [6.45, 7) is 9.95. The molecular weight excluding hydrogens is 391 g/mol. The molecule has 0 saturated heterocycles. The van der Waals surface area contributed by atoms with Crippen LogP contribution in [0.25, 0.3) is 4.85 Å². The van der Waals surface area contributed by atoms with Crippen molar-refractivity contribution in [2.45, 2.75) is 51.4 Å². The molecule has 6 heteroatoms. The number of allylic oxidation sites excluding steroid dienone is 3. The average Bonchev–Trinajstić information content (AvgIpc) is 3.59. The lowest BCUT2D eigenvalue weighted by atomic mass is 9.83. The standard InChI is InChI=1S/C23H24ClFN2O2/c1-13-22(26-2)20(17-9-8-16(25)11-18(17)24)21(23(28)29-12-15-5-6-15)19(27-13)10-7-14-3-4-14/h8-9,11,14-15,20,27H,3-7,10,12H2,1H3. The van der Waals surface area contributed by atoms with Crippen molar-refractivity contribution in [1.82, 2.24) is 5.32 Å². The Hall–Kier alpha value is -2.32. The highest BCUT2D eigenvalue weighted by Gasteiger charge is 2.38. The molecule has 3 aliphatic rings. The molecule has 0 spiro atoms. The van der Waals surface area contributed by atoms with Crippen LogP contribution in [0.5, 0.6) is 0 Å². The molecule has 1 N–H and O–H groups in total. The van der Waals surface area contributed by atoms with E-state index in [-0.39, 0.29) is 5.02 Å². The highest BCUT2D eigenvalue weighted by Crippen LogP contribution is 2.44. The number of hydrogen-bond donors (Lipinski definition) is 1. The molecule has 4 rings (SSSR count). The van der Waals surface area contributed by atoms with E-state index in [0.29, 0.717) is 41.0 Å². The van der Waals surface area contributed by atoms with Crippen molar-refractivity contribution in [2.24, 2.45) is 11.8 Å². The van der Waals surface area contributed by atoms with E-state index in [2.05, 4.69) is 10.2 Å².